The highest BCUT2D eigenvalue weighted by molar-refractivity contribution is 6.25. The lowest BCUT2D eigenvalue weighted by molar-refractivity contribution is 1.17. The van der Waals surface area contributed by atoms with Gasteiger partial charge in [-0.3, -0.25) is 0 Å². The van der Waals surface area contributed by atoms with Crippen molar-refractivity contribution in [3.8, 4) is 11.1 Å². The van der Waals surface area contributed by atoms with E-state index in [1.54, 1.807) is 0 Å². The Hall–Kier alpha value is -1.27. The van der Waals surface area contributed by atoms with Gasteiger partial charge >= 0.3 is 0 Å². The quantitative estimate of drug-likeness (QED) is 0.574. The summed E-state index contributed by atoms with van der Waals surface area (Å²) in [4.78, 5) is 0. The Bertz CT molecular complexity index is 529. The maximum atomic E-state index is 6.48. The Balaban J connectivity index is 2.37. The van der Waals surface area contributed by atoms with E-state index in [9.17, 15) is 0 Å². The van der Waals surface area contributed by atoms with Crippen molar-refractivity contribution in [1.82, 2.24) is 0 Å². The lowest BCUT2D eigenvalue weighted by Gasteiger charge is -2.06. The molecule has 74 valence electrons. The normalized spacial score (nSPS) is 17.3. The van der Waals surface area contributed by atoms with Gasteiger partial charge in [0.05, 0.1) is 5.38 Å². The number of aryl methyl sites for hydroxylation is 1. The van der Waals surface area contributed by atoms with Gasteiger partial charge in [-0.25, -0.2) is 0 Å². The van der Waals surface area contributed by atoms with Crippen molar-refractivity contribution in [2.24, 2.45) is 0 Å². The van der Waals surface area contributed by atoms with Crippen LogP contribution in [0.1, 0.15) is 22.1 Å². The van der Waals surface area contributed by atoms with Crippen LogP contribution < -0.4 is 0 Å². The molecule has 2 aromatic rings. The SMILES string of the molecule is Cc1cccc2c1C(Cl)c1ccccc1-2. The van der Waals surface area contributed by atoms with E-state index >= 15 is 0 Å². The lowest BCUT2D eigenvalue weighted by Crippen LogP contribution is -1.89. The Morgan fingerprint density at radius 1 is 0.933 bits per heavy atom. The summed E-state index contributed by atoms with van der Waals surface area (Å²) >= 11 is 6.48. The van der Waals surface area contributed by atoms with E-state index in [4.69, 9.17) is 11.6 Å². The summed E-state index contributed by atoms with van der Waals surface area (Å²) in [5, 5.41) is 0.0254. The Morgan fingerprint density at radius 2 is 1.67 bits per heavy atom. The summed E-state index contributed by atoms with van der Waals surface area (Å²) in [6.07, 6.45) is 0. The van der Waals surface area contributed by atoms with E-state index in [-0.39, 0.29) is 5.38 Å². The van der Waals surface area contributed by atoms with Crippen LogP contribution in [0.3, 0.4) is 0 Å². The fourth-order valence-corrected chi connectivity index (χ4v) is 2.85. The molecule has 0 amide bonds. The smallest absolute Gasteiger partial charge is 0.0849 e. The molecule has 1 aliphatic rings. The van der Waals surface area contributed by atoms with Gasteiger partial charge in [0.25, 0.3) is 0 Å². The molecular weight excluding hydrogens is 204 g/mol. The van der Waals surface area contributed by atoms with Crippen LogP contribution in [0.25, 0.3) is 11.1 Å². The standard InChI is InChI=1S/C14H11Cl/c1-9-5-4-8-11-10-6-2-3-7-12(10)14(15)13(9)11/h2-8,14H,1H3. The molecule has 1 heteroatoms. The number of alkyl halides is 1. The zero-order valence-corrected chi connectivity index (χ0v) is 9.25. The Kier molecular flexibility index (Phi) is 1.86. The van der Waals surface area contributed by atoms with Gasteiger partial charge in [0.2, 0.25) is 0 Å². The summed E-state index contributed by atoms with van der Waals surface area (Å²) < 4.78 is 0. The minimum absolute atomic E-state index is 0.0254. The zero-order valence-electron chi connectivity index (χ0n) is 8.50. The van der Waals surface area contributed by atoms with Gasteiger partial charge in [-0.1, -0.05) is 42.5 Å². The molecule has 15 heavy (non-hydrogen) atoms. The van der Waals surface area contributed by atoms with Crippen molar-refractivity contribution < 1.29 is 0 Å². The molecule has 3 rings (SSSR count). The first-order chi connectivity index (χ1) is 7.29. The predicted molar refractivity (Wildman–Crippen MR) is 64.3 cm³/mol. The molecule has 1 unspecified atom stereocenters. The highest BCUT2D eigenvalue weighted by Crippen LogP contribution is 2.47. The number of hydrogen-bond acceptors (Lipinski definition) is 0. The summed E-state index contributed by atoms with van der Waals surface area (Å²) in [6, 6.07) is 14.8. The Labute approximate surface area is 94.5 Å². The largest absolute Gasteiger partial charge is 0.113 e. The van der Waals surface area contributed by atoms with Crippen molar-refractivity contribution in [3.63, 3.8) is 0 Å². The van der Waals surface area contributed by atoms with E-state index in [1.807, 2.05) is 0 Å². The van der Waals surface area contributed by atoms with Gasteiger partial charge in [-0.2, -0.15) is 0 Å². The van der Waals surface area contributed by atoms with Crippen LogP contribution in [-0.2, 0) is 0 Å². The second-order valence-electron chi connectivity index (χ2n) is 3.99. The summed E-state index contributed by atoms with van der Waals surface area (Å²) in [5.74, 6) is 0. The number of rotatable bonds is 0. The first-order valence-corrected chi connectivity index (χ1v) is 5.55. The monoisotopic (exact) mass is 214 g/mol. The van der Waals surface area contributed by atoms with Crippen LogP contribution in [0.4, 0.5) is 0 Å². The minimum Gasteiger partial charge on any atom is -0.113 e. The highest BCUT2D eigenvalue weighted by atomic mass is 35.5. The van der Waals surface area contributed by atoms with Crippen molar-refractivity contribution >= 4 is 11.6 Å². The molecule has 0 nitrogen and oxygen atoms in total. The van der Waals surface area contributed by atoms with Gasteiger partial charge < -0.3 is 0 Å². The molecule has 2 aromatic carbocycles. The third-order valence-corrected chi connectivity index (χ3v) is 3.55. The van der Waals surface area contributed by atoms with Crippen LogP contribution >= 0.6 is 11.6 Å². The van der Waals surface area contributed by atoms with Crippen LogP contribution in [0.15, 0.2) is 42.5 Å². The molecule has 1 aliphatic carbocycles. The number of fused-ring (bicyclic) bond motifs is 3. The molecular formula is C14H11Cl. The molecule has 0 fully saturated rings. The first kappa shape index (κ1) is 8.99. The van der Waals surface area contributed by atoms with Gasteiger partial charge in [-0.15, -0.1) is 11.6 Å². The van der Waals surface area contributed by atoms with Crippen molar-refractivity contribution in [2.75, 3.05) is 0 Å². The Morgan fingerprint density at radius 3 is 2.53 bits per heavy atom. The average molecular weight is 215 g/mol. The van der Waals surface area contributed by atoms with Crippen molar-refractivity contribution in [3.05, 3.63) is 59.2 Å². The van der Waals surface area contributed by atoms with Gasteiger partial charge in [-0.05, 0) is 34.7 Å². The van der Waals surface area contributed by atoms with Crippen LogP contribution in [0.2, 0.25) is 0 Å². The molecule has 0 saturated carbocycles. The van der Waals surface area contributed by atoms with Gasteiger partial charge in [0, 0.05) is 0 Å². The third-order valence-electron chi connectivity index (χ3n) is 3.10. The van der Waals surface area contributed by atoms with E-state index in [2.05, 4.69) is 49.4 Å². The lowest BCUT2D eigenvalue weighted by atomic mass is 10.0. The van der Waals surface area contributed by atoms with E-state index in [0.29, 0.717) is 0 Å². The second kappa shape index (κ2) is 3.11. The van der Waals surface area contributed by atoms with Crippen molar-refractivity contribution in [1.29, 1.82) is 0 Å². The van der Waals surface area contributed by atoms with Crippen LogP contribution in [-0.4, -0.2) is 0 Å². The van der Waals surface area contributed by atoms with Gasteiger partial charge in [0.1, 0.15) is 0 Å². The third kappa shape index (κ3) is 1.15. The molecule has 0 radical (unpaired) electrons. The molecule has 0 N–H and O–H groups in total. The second-order valence-corrected chi connectivity index (χ2v) is 4.42. The molecule has 0 heterocycles. The van der Waals surface area contributed by atoms with E-state index < -0.39 is 0 Å². The van der Waals surface area contributed by atoms with E-state index in [0.717, 1.165) is 0 Å². The molecule has 0 saturated heterocycles. The van der Waals surface area contributed by atoms with Crippen LogP contribution in [0.5, 0.6) is 0 Å². The topological polar surface area (TPSA) is 0 Å². The van der Waals surface area contributed by atoms with Gasteiger partial charge in [0.15, 0.2) is 0 Å². The number of benzene rings is 2. The molecule has 0 aliphatic heterocycles. The minimum atomic E-state index is 0.0254. The van der Waals surface area contributed by atoms with Crippen LogP contribution in [0, 0.1) is 6.92 Å². The first-order valence-electron chi connectivity index (χ1n) is 5.12. The fraction of sp³-hybridized carbons (Fsp3) is 0.143. The molecule has 1 atom stereocenters. The fourth-order valence-electron chi connectivity index (χ4n) is 2.37. The molecule has 0 spiro atoms. The van der Waals surface area contributed by atoms with Crippen molar-refractivity contribution in [2.45, 2.75) is 12.3 Å². The summed E-state index contributed by atoms with van der Waals surface area (Å²) in [6.45, 7) is 2.13. The summed E-state index contributed by atoms with van der Waals surface area (Å²) in [5.41, 5.74) is 6.38. The predicted octanol–water partition coefficient (Wildman–Crippen LogP) is 4.30. The van der Waals surface area contributed by atoms with E-state index in [1.165, 1.54) is 27.8 Å². The molecule has 0 aromatic heterocycles. The average Bonchev–Trinajstić information content (AvgIpc) is 2.55. The molecule has 0 bridgehead atoms. The number of halogens is 1. The zero-order chi connectivity index (χ0) is 10.4. The summed E-state index contributed by atoms with van der Waals surface area (Å²) in [7, 11) is 0. The maximum Gasteiger partial charge on any atom is 0.0849 e. The maximum absolute atomic E-state index is 6.48. The number of hydrogen-bond donors (Lipinski definition) is 0. The highest BCUT2D eigenvalue weighted by Gasteiger charge is 2.27.